The fourth-order valence-electron chi connectivity index (χ4n) is 3.58. The molecule has 2 aromatic carbocycles. The van der Waals surface area contributed by atoms with Gasteiger partial charge in [0.05, 0.1) is 6.61 Å². The molecule has 0 amide bonds. The van der Waals surface area contributed by atoms with Crippen molar-refractivity contribution < 1.29 is 13.5 Å². The first-order chi connectivity index (χ1) is 14.6. The van der Waals surface area contributed by atoms with Crippen molar-refractivity contribution in [1.82, 2.24) is 15.5 Å². The fourth-order valence-corrected chi connectivity index (χ4v) is 3.58. The molecule has 3 rings (SSSR count). The summed E-state index contributed by atoms with van der Waals surface area (Å²) < 4.78 is 32.3. The third-order valence-corrected chi connectivity index (χ3v) is 5.23. The Morgan fingerprint density at radius 1 is 1.10 bits per heavy atom. The molecule has 8 heteroatoms. The summed E-state index contributed by atoms with van der Waals surface area (Å²) in [6, 6.07) is 12.0. The number of guanidine groups is 1. The Morgan fingerprint density at radius 3 is 2.39 bits per heavy atom. The Labute approximate surface area is 200 Å². The fraction of sp³-hybridized carbons (Fsp3) is 0.435. The minimum atomic E-state index is -0.354. The first-order valence-electron chi connectivity index (χ1n) is 10.4. The molecule has 0 saturated carbocycles. The second-order valence-corrected chi connectivity index (χ2v) is 7.44. The number of hydrogen-bond donors (Lipinski definition) is 2. The average molecular weight is 544 g/mol. The van der Waals surface area contributed by atoms with Gasteiger partial charge in [-0.15, -0.1) is 24.0 Å². The molecule has 1 saturated heterocycles. The summed E-state index contributed by atoms with van der Waals surface area (Å²) in [5, 5.41) is 6.71. The molecule has 170 valence electrons. The second-order valence-electron chi connectivity index (χ2n) is 7.44. The third-order valence-electron chi connectivity index (χ3n) is 5.23. The van der Waals surface area contributed by atoms with Crippen LogP contribution in [0.15, 0.2) is 47.5 Å². The van der Waals surface area contributed by atoms with E-state index in [1.54, 1.807) is 13.1 Å². The van der Waals surface area contributed by atoms with Gasteiger partial charge in [0.15, 0.2) is 17.5 Å². The normalized spacial score (nSPS) is 15.3. The molecule has 5 nitrogen and oxygen atoms in total. The number of nitrogens with one attached hydrogen (secondary N) is 2. The van der Waals surface area contributed by atoms with Crippen molar-refractivity contribution in [3.05, 3.63) is 65.2 Å². The van der Waals surface area contributed by atoms with E-state index < -0.39 is 0 Å². The van der Waals surface area contributed by atoms with Crippen molar-refractivity contribution >= 4 is 29.9 Å². The number of ether oxygens (including phenoxy) is 1. The zero-order valence-electron chi connectivity index (χ0n) is 18.0. The van der Waals surface area contributed by atoms with Crippen LogP contribution in [0.1, 0.15) is 30.9 Å². The van der Waals surface area contributed by atoms with Gasteiger partial charge in [-0.3, -0.25) is 9.89 Å². The smallest absolute Gasteiger partial charge is 0.191 e. The molecule has 31 heavy (non-hydrogen) atoms. The molecule has 0 spiro atoms. The highest BCUT2D eigenvalue weighted by Gasteiger charge is 2.20. The second kappa shape index (κ2) is 12.8. The van der Waals surface area contributed by atoms with Crippen LogP contribution < -0.4 is 15.4 Å². The maximum absolute atomic E-state index is 14.0. The lowest BCUT2D eigenvalue weighted by atomic mass is 10.0. The largest absolute Gasteiger partial charge is 0.491 e. The zero-order chi connectivity index (χ0) is 21.3. The van der Waals surface area contributed by atoms with E-state index >= 15 is 0 Å². The van der Waals surface area contributed by atoms with E-state index in [9.17, 15) is 8.78 Å². The van der Waals surface area contributed by atoms with Crippen molar-refractivity contribution in [2.45, 2.75) is 38.9 Å². The number of nitrogens with zero attached hydrogens (tertiary/aromatic N) is 2. The van der Waals surface area contributed by atoms with E-state index in [1.807, 2.05) is 25.1 Å². The molecule has 1 heterocycles. The minimum absolute atomic E-state index is 0. The van der Waals surface area contributed by atoms with Crippen LogP contribution in [0.5, 0.6) is 5.75 Å². The lowest BCUT2D eigenvalue weighted by Crippen LogP contribution is -2.48. The molecule has 1 aliphatic rings. The van der Waals surface area contributed by atoms with Crippen LogP contribution in [0.3, 0.4) is 0 Å². The zero-order valence-corrected chi connectivity index (χ0v) is 20.4. The highest BCUT2D eigenvalue weighted by molar-refractivity contribution is 14.0. The Hall–Kier alpha value is -1.94. The minimum Gasteiger partial charge on any atom is -0.491 e. The first kappa shape index (κ1) is 25.3. The topological polar surface area (TPSA) is 48.9 Å². The standard InChI is InChI=1S/C23H30F2N4O.HI/c1-3-30-22-9-6-18(14-21(22)25)15-27-23(26-2)28-20-10-12-29(13-11-20)16-17-4-7-19(24)8-5-17;/h4-9,14,20H,3,10-13,15-16H2,1-2H3,(H2,26,27,28);1H. The molecule has 1 aliphatic heterocycles. The molecular weight excluding hydrogens is 513 g/mol. The van der Waals surface area contributed by atoms with Crippen molar-refractivity contribution in [2.75, 3.05) is 26.7 Å². The lowest BCUT2D eigenvalue weighted by Gasteiger charge is -2.33. The predicted octanol–water partition coefficient (Wildman–Crippen LogP) is 4.31. The van der Waals surface area contributed by atoms with E-state index in [-0.39, 0.29) is 41.4 Å². The highest BCUT2D eigenvalue weighted by atomic mass is 127. The molecule has 0 unspecified atom stereocenters. The number of benzene rings is 2. The molecule has 0 radical (unpaired) electrons. The summed E-state index contributed by atoms with van der Waals surface area (Å²) in [7, 11) is 1.73. The summed E-state index contributed by atoms with van der Waals surface area (Å²) >= 11 is 0. The van der Waals surface area contributed by atoms with E-state index in [0.29, 0.717) is 25.2 Å². The van der Waals surface area contributed by atoms with Crippen LogP contribution in [0, 0.1) is 11.6 Å². The van der Waals surface area contributed by atoms with Crippen molar-refractivity contribution in [3.63, 3.8) is 0 Å². The summed E-state index contributed by atoms with van der Waals surface area (Å²) in [6.45, 7) is 5.52. The molecule has 0 atom stereocenters. The van der Waals surface area contributed by atoms with Gasteiger partial charge in [0.25, 0.3) is 0 Å². The van der Waals surface area contributed by atoms with Gasteiger partial charge < -0.3 is 15.4 Å². The van der Waals surface area contributed by atoms with Crippen LogP contribution in [0.4, 0.5) is 8.78 Å². The van der Waals surface area contributed by atoms with Gasteiger partial charge in [-0.25, -0.2) is 8.78 Å². The molecule has 2 aromatic rings. The van der Waals surface area contributed by atoms with Crippen LogP contribution in [0.25, 0.3) is 0 Å². The molecule has 2 N–H and O–H groups in total. The summed E-state index contributed by atoms with van der Waals surface area (Å²) in [6.07, 6.45) is 2.00. The lowest BCUT2D eigenvalue weighted by molar-refractivity contribution is 0.198. The molecule has 1 fully saturated rings. The van der Waals surface area contributed by atoms with Gasteiger partial charge >= 0.3 is 0 Å². The Morgan fingerprint density at radius 2 is 1.77 bits per heavy atom. The van der Waals surface area contributed by atoms with Crippen molar-refractivity contribution in [3.8, 4) is 5.75 Å². The van der Waals surface area contributed by atoms with Gasteiger partial charge in [-0.05, 0) is 55.2 Å². The number of likely N-dealkylation sites (tertiary alicyclic amines) is 1. The number of rotatable bonds is 7. The number of aliphatic imine (C=N–C) groups is 1. The Balaban J connectivity index is 0.00000341. The van der Waals surface area contributed by atoms with E-state index in [0.717, 1.165) is 43.6 Å². The maximum Gasteiger partial charge on any atom is 0.191 e. The SMILES string of the molecule is CCOc1ccc(CNC(=NC)NC2CCN(Cc3ccc(F)cc3)CC2)cc1F.I. The highest BCUT2D eigenvalue weighted by Crippen LogP contribution is 2.18. The van der Waals surface area contributed by atoms with E-state index in [2.05, 4.69) is 20.5 Å². The molecule has 0 aliphatic carbocycles. The van der Waals surface area contributed by atoms with Gasteiger partial charge in [0.1, 0.15) is 5.82 Å². The summed E-state index contributed by atoms with van der Waals surface area (Å²) in [4.78, 5) is 6.67. The Kier molecular flexibility index (Phi) is 10.5. The predicted molar refractivity (Wildman–Crippen MR) is 131 cm³/mol. The molecule has 0 bridgehead atoms. The van der Waals surface area contributed by atoms with Gasteiger partial charge in [-0.2, -0.15) is 0 Å². The average Bonchev–Trinajstić information content (AvgIpc) is 2.76. The Bertz CT molecular complexity index is 840. The number of hydrogen-bond acceptors (Lipinski definition) is 3. The quantitative estimate of drug-likeness (QED) is 0.310. The van der Waals surface area contributed by atoms with Crippen molar-refractivity contribution in [2.24, 2.45) is 4.99 Å². The number of halogens is 3. The summed E-state index contributed by atoms with van der Waals surface area (Å²) in [5.74, 6) is 0.429. The van der Waals surface area contributed by atoms with Crippen LogP contribution in [-0.2, 0) is 13.1 Å². The van der Waals surface area contributed by atoms with Crippen LogP contribution in [-0.4, -0.2) is 43.6 Å². The van der Waals surface area contributed by atoms with Crippen LogP contribution in [0.2, 0.25) is 0 Å². The molecule has 0 aromatic heterocycles. The van der Waals surface area contributed by atoms with Gasteiger partial charge in [-0.1, -0.05) is 18.2 Å². The monoisotopic (exact) mass is 544 g/mol. The maximum atomic E-state index is 14.0. The molecular formula is C23H31F2IN4O. The van der Waals surface area contributed by atoms with Crippen molar-refractivity contribution in [1.29, 1.82) is 0 Å². The van der Waals surface area contributed by atoms with E-state index in [1.165, 1.54) is 18.2 Å². The van der Waals surface area contributed by atoms with Crippen LogP contribution >= 0.6 is 24.0 Å². The third kappa shape index (κ3) is 7.92. The summed E-state index contributed by atoms with van der Waals surface area (Å²) in [5.41, 5.74) is 1.95. The first-order valence-corrected chi connectivity index (χ1v) is 10.4. The van der Waals surface area contributed by atoms with Gasteiger partial charge in [0, 0.05) is 39.3 Å². The van der Waals surface area contributed by atoms with Gasteiger partial charge in [0.2, 0.25) is 0 Å². The van der Waals surface area contributed by atoms with E-state index in [4.69, 9.17) is 4.74 Å². The number of piperidine rings is 1.